The molecule has 0 unspecified atom stereocenters. The van der Waals surface area contributed by atoms with Crippen molar-refractivity contribution in [2.75, 3.05) is 32.7 Å². The van der Waals surface area contributed by atoms with Crippen molar-refractivity contribution in [2.24, 2.45) is 5.92 Å². The minimum absolute atomic E-state index is 0.0751. The van der Waals surface area contributed by atoms with Crippen LogP contribution >= 0.6 is 0 Å². The molecule has 1 aliphatic rings. The van der Waals surface area contributed by atoms with Crippen molar-refractivity contribution in [2.45, 2.75) is 26.8 Å². The highest BCUT2D eigenvalue weighted by Crippen LogP contribution is 2.07. The number of carbonyl (C=O) groups excluding carboxylic acids is 1. The second kappa shape index (κ2) is 7.74. The zero-order valence-corrected chi connectivity index (χ0v) is 14.9. The third-order valence-electron chi connectivity index (χ3n) is 4.52. The number of aromatic nitrogens is 3. The zero-order chi connectivity index (χ0) is 17.8. The van der Waals surface area contributed by atoms with Crippen LogP contribution in [-0.4, -0.2) is 63.4 Å². The first kappa shape index (κ1) is 17.5. The van der Waals surface area contributed by atoms with E-state index < -0.39 is 0 Å². The van der Waals surface area contributed by atoms with Gasteiger partial charge >= 0.3 is 0 Å². The molecule has 0 aliphatic carbocycles. The highest BCUT2D eigenvalue weighted by Gasteiger charge is 2.21. The lowest BCUT2D eigenvalue weighted by Gasteiger charge is -2.35. The van der Waals surface area contributed by atoms with Crippen molar-refractivity contribution < 1.29 is 4.79 Å². The number of rotatable bonds is 5. The summed E-state index contributed by atoms with van der Waals surface area (Å²) in [5.74, 6) is 0.715. The van der Waals surface area contributed by atoms with Gasteiger partial charge in [-0.15, -0.1) is 5.10 Å². The number of benzene rings is 1. The molecule has 1 saturated heterocycles. The van der Waals surface area contributed by atoms with Gasteiger partial charge in [-0.3, -0.25) is 14.5 Å². The van der Waals surface area contributed by atoms with Crippen LogP contribution < -0.4 is 5.56 Å². The number of amides is 1. The molecule has 2 heterocycles. The summed E-state index contributed by atoms with van der Waals surface area (Å²) in [4.78, 5) is 29.1. The smallest absolute Gasteiger partial charge is 0.277 e. The second-order valence-corrected chi connectivity index (χ2v) is 6.96. The van der Waals surface area contributed by atoms with Gasteiger partial charge in [-0.2, -0.15) is 0 Å². The molecule has 1 aliphatic heterocycles. The fourth-order valence-electron chi connectivity index (χ4n) is 3.23. The molecule has 0 atom stereocenters. The summed E-state index contributed by atoms with van der Waals surface area (Å²) >= 11 is 0. The predicted octanol–water partition coefficient (Wildman–Crippen LogP) is 0.982. The van der Waals surface area contributed by atoms with E-state index in [-0.39, 0.29) is 24.4 Å². The maximum atomic E-state index is 12.4. The Bertz CT molecular complexity index is 793. The van der Waals surface area contributed by atoms with Crippen molar-refractivity contribution in [1.82, 2.24) is 24.8 Å². The first-order valence-corrected chi connectivity index (χ1v) is 8.87. The van der Waals surface area contributed by atoms with E-state index >= 15 is 0 Å². The van der Waals surface area contributed by atoms with Gasteiger partial charge < -0.3 is 4.90 Å². The van der Waals surface area contributed by atoms with Gasteiger partial charge in [0, 0.05) is 39.1 Å². The van der Waals surface area contributed by atoms with Crippen molar-refractivity contribution >= 4 is 16.8 Å². The summed E-state index contributed by atoms with van der Waals surface area (Å²) in [6.07, 6.45) is 0.275. The fourth-order valence-corrected chi connectivity index (χ4v) is 3.23. The van der Waals surface area contributed by atoms with E-state index in [1.807, 2.05) is 11.0 Å². The van der Waals surface area contributed by atoms with Crippen LogP contribution in [0.15, 0.2) is 29.1 Å². The van der Waals surface area contributed by atoms with Gasteiger partial charge in [0.2, 0.25) is 5.91 Å². The summed E-state index contributed by atoms with van der Waals surface area (Å²) in [6, 6.07) is 7.12. The SMILES string of the molecule is CC(C)CN1CCN(C(=O)CCn2nnc3ccccc3c2=O)CC1. The molecule has 1 fully saturated rings. The van der Waals surface area contributed by atoms with Crippen LogP contribution in [0.5, 0.6) is 0 Å². The number of nitrogens with zero attached hydrogens (tertiary/aromatic N) is 5. The lowest BCUT2D eigenvalue weighted by Crippen LogP contribution is -2.49. The third kappa shape index (κ3) is 4.22. The summed E-state index contributed by atoms with van der Waals surface area (Å²) in [5.41, 5.74) is 0.386. The van der Waals surface area contributed by atoms with E-state index in [0.29, 0.717) is 16.8 Å². The van der Waals surface area contributed by atoms with Crippen molar-refractivity contribution in [3.63, 3.8) is 0 Å². The number of hydrogen-bond donors (Lipinski definition) is 0. The van der Waals surface area contributed by atoms with E-state index in [4.69, 9.17) is 0 Å². The number of piperazine rings is 1. The molecule has 0 N–H and O–H groups in total. The third-order valence-corrected chi connectivity index (χ3v) is 4.52. The van der Waals surface area contributed by atoms with Gasteiger partial charge in [0.05, 0.1) is 11.9 Å². The molecule has 7 heteroatoms. The van der Waals surface area contributed by atoms with Gasteiger partial charge in [-0.05, 0) is 18.1 Å². The van der Waals surface area contributed by atoms with Gasteiger partial charge in [0.25, 0.3) is 5.56 Å². The van der Waals surface area contributed by atoms with E-state index in [2.05, 4.69) is 29.1 Å². The van der Waals surface area contributed by atoms with E-state index in [9.17, 15) is 9.59 Å². The number of carbonyl (C=O) groups is 1. The molecule has 1 aromatic heterocycles. The maximum absolute atomic E-state index is 12.4. The lowest BCUT2D eigenvalue weighted by atomic mass is 10.2. The standard InChI is InChI=1S/C18H25N5O2/c1-14(2)13-21-9-11-22(12-10-21)17(24)7-8-23-18(25)15-5-3-4-6-16(15)19-20-23/h3-6,14H,7-13H2,1-2H3. The Kier molecular flexibility index (Phi) is 5.43. The maximum Gasteiger partial charge on any atom is 0.277 e. The molecule has 1 aromatic carbocycles. The van der Waals surface area contributed by atoms with Crippen molar-refractivity contribution in [3.05, 3.63) is 34.6 Å². The Morgan fingerprint density at radius 3 is 2.60 bits per heavy atom. The number of hydrogen-bond acceptors (Lipinski definition) is 5. The van der Waals surface area contributed by atoms with Crippen LogP contribution in [0.3, 0.4) is 0 Å². The lowest BCUT2D eigenvalue weighted by molar-refractivity contribution is -0.133. The average Bonchev–Trinajstić information content (AvgIpc) is 2.61. The first-order chi connectivity index (χ1) is 12.0. The minimum Gasteiger partial charge on any atom is -0.340 e. The molecular weight excluding hydrogens is 318 g/mol. The van der Waals surface area contributed by atoms with E-state index in [1.165, 1.54) is 4.68 Å². The Labute approximate surface area is 147 Å². The summed E-state index contributed by atoms with van der Waals surface area (Å²) in [6.45, 7) is 9.10. The van der Waals surface area contributed by atoms with Crippen molar-refractivity contribution in [1.29, 1.82) is 0 Å². The number of aryl methyl sites for hydroxylation is 1. The van der Waals surface area contributed by atoms with Gasteiger partial charge in [0.1, 0.15) is 5.52 Å². The van der Waals surface area contributed by atoms with Gasteiger partial charge in [-0.1, -0.05) is 31.2 Å². The van der Waals surface area contributed by atoms with Crippen LogP contribution in [0, 0.1) is 5.92 Å². The Balaban J connectivity index is 1.56. The molecule has 0 radical (unpaired) electrons. The molecule has 0 bridgehead atoms. The average molecular weight is 343 g/mol. The first-order valence-electron chi connectivity index (χ1n) is 8.87. The molecular formula is C18H25N5O2. The zero-order valence-electron chi connectivity index (χ0n) is 14.9. The monoisotopic (exact) mass is 343 g/mol. The molecule has 2 aromatic rings. The highest BCUT2D eigenvalue weighted by molar-refractivity contribution is 5.77. The molecule has 0 spiro atoms. The minimum atomic E-state index is -0.194. The second-order valence-electron chi connectivity index (χ2n) is 6.96. The molecule has 134 valence electrons. The molecule has 0 saturated carbocycles. The normalized spacial score (nSPS) is 15.9. The quantitative estimate of drug-likeness (QED) is 0.809. The summed E-state index contributed by atoms with van der Waals surface area (Å²) < 4.78 is 1.29. The highest BCUT2D eigenvalue weighted by atomic mass is 16.2. The Morgan fingerprint density at radius 1 is 1.16 bits per heavy atom. The molecule has 3 rings (SSSR count). The molecule has 1 amide bonds. The van der Waals surface area contributed by atoms with Gasteiger partial charge in [-0.25, -0.2) is 4.68 Å². The van der Waals surface area contributed by atoms with Crippen LogP contribution in [0.4, 0.5) is 0 Å². The van der Waals surface area contributed by atoms with Crippen LogP contribution in [-0.2, 0) is 11.3 Å². The van der Waals surface area contributed by atoms with Crippen LogP contribution in [0.25, 0.3) is 10.9 Å². The fraction of sp³-hybridized carbons (Fsp3) is 0.556. The van der Waals surface area contributed by atoms with Crippen LogP contribution in [0.1, 0.15) is 20.3 Å². The summed E-state index contributed by atoms with van der Waals surface area (Å²) in [5, 5.41) is 8.53. The van der Waals surface area contributed by atoms with E-state index in [0.717, 1.165) is 32.7 Å². The Hall–Kier alpha value is -2.28. The summed E-state index contributed by atoms with van der Waals surface area (Å²) in [7, 11) is 0. The number of fused-ring (bicyclic) bond motifs is 1. The molecule has 25 heavy (non-hydrogen) atoms. The van der Waals surface area contributed by atoms with Gasteiger partial charge in [0.15, 0.2) is 0 Å². The largest absolute Gasteiger partial charge is 0.340 e. The van der Waals surface area contributed by atoms with E-state index in [1.54, 1.807) is 18.2 Å². The molecule has 7 nitrogen and oxygen atoms in total. The predicted molar refractivity (Wildman–Crippen MR) is 96.3 cm³/mol. The van der Waals surface area contributed by atoms with Crippen LogP contribution in [0.2, 0.25) is 0 Å². The van der Waals surface area contributed by atoms with Crippen molar-refractivity contribution in [3.8, 4) is 0 Å². The Morgan fingerprint density at radius 2 is 1.88 bits per heavy atom. The topological polar surface area (TPSA) is 71.3 Å².